The second-order valence-electron chi connectivity index (χ2n) is 5.45. The Morgan fingerprint density at radius 2 is 1.90 bits per heavy atom. The maximum Gasteiger partial charge on any atom is 0.118 e. The maximum absolute atomic E-state index is 6.09. The number of rotatable bonds is 4. The van der Waals surface area contributed by atoms with E-state index in [1.54, 1.807) is 7.11 Å². The summed E-state index contributed by atoms with van der Waals surface area (Å²) in [6.07, 6.45) is 2.34. The number of ether oxygens (including phenoxy) is 1. The number of nitrogens with two attached hydrogens (primary N) is 1. The van der Waals surface area contributed by atoms with Gasteiger partial charge in [-0.15, -0.1) is 0 Å². The first-order valence-electron chi connectivity index (χ1n) is 7.52. The molecule has 2 N–H and O–H groups in total. The van der Waals surface area contributed by atoms with Crippen LogP contribution in [0.1, 0.15) is 23.6 Å². The lowest BCUT2D eigenvalue weighted by atomic mass is 9.97. The highest BCUT2D eigenvalue weighted by atomic mass is 16.5. The van der Waals surface area contributed by atoms with Crippen molar-refractivity contribution in [3.05, 3.63) is 59.7 Å². The lowest BCUT2D eigenvalue weighted by Gasteiger charge is -2.37. The molecule has 110 valence electrons. The van der Waals surface area contributed by atoms with Crippen molar-refractivity contribution in [1.29, 1.82) is 0 Å². The van der Waals surface area contributed by atoms with Gasteiger partial charge in [-0.2, -0.15) is 0 Å². The van der Waals surface area contributed by atoms with Crippen LogP contribution in [0.3, 0.4) is 0 Å². The minimum Gasteiger partial charge on any atom is -0.497 e. The largest absolute Gasteiger partial charge is 0.497 e. The average molecular weight is 282 g/mol. The van der Waals surface area contributed by atoms with Crippen LogP contribution in [0.5, 0.6) is 5.75 Å². The van der Waals surface area contributed by atoms with Gasteiger partial charge in [0.1, 0.15) is 5.75 Å². The molecule has 0 fully saturated rings. The zero-order valence-electron chi connectivity index (χ0n) is 12.5. The molecule has 3 rings (SSSR count). The van der Waals surface area contributed by atoms with Gasteiger partial charge < -0.3 is 15.4 Å². The van der Waals surface area contributed by atoms with Crippen molar-refractivity contribution in [3.8, 4) is 5.75 Å². The summed E-state index contributed by atoms with van der Waals surface area (Å²) in [6.45, 7) is 1.67. The average Bonchev–Trinajstić information content (AvgIpc) is 2.56. The van der Waals surface area contributed by atoms with Gasteiger partial charge in [0.2, 0.25) is 0 Å². The lowest BCUT2D eigenvalue weighted by molar-refractivity contribution is 0.414. The van der Waals surface area contributed by atoms with Gasteiger partial charge in [-0.05, 0) is 42.2 Å². The van der Waals surface area contributed by atoms with Gasteiger partial charge in [-0.1, -0.05) is 30.3 Å². The normalized spacial score (nSPS) is 15.4. The first-order chi connectivity index (χ1) is 10.3. The number of nitrogens with zero attached hydrogens (tertiary/aromatic N) is 1. The molecule has 0 amide bonds. The fraction of sp³-hybridized carbons (Fsp3) is 0.333. The summed E-state index contributed by atoms with van der Waals surface area (Å²) in [7, 11) is 1.69. The van der Waals surface area contributed by atoms with E-state index in [0.717, 1.165) is 18.7 Å². The standard InChI is InChI=1S/C18H22N2O/c1-21-16-10-8-15(9-11-16)18(13-19)20-12-4-6-14-5-2-3-7-17(14)20/h2-3,5,7-11,18H,4,6,12-13,19H2,1H3. The van der Waals surface area contributed by atoms with Crippen molar-refractivity contribution < 1.29 is 4.74 Å². The topological polar surface area (TPSA) is 38.5 Å². The molecule has 0 saturated carbocycles. The predicted molar refractivity (Wildman–Crippen MR) is 86.9 cm³/mol. The smallest absolute Gasteiger partial charge is 0.118 e. The van der Waals surface area contributed by atoms with E-state index < -0.39 is 0 Å². The molecule has 0 aliphatic carbocycles. The van der Waals surface area contributed by atoms with Gasteiger partial charge in [0, 0.05) is 18.8 Å². The Balaban J connectivity index is 1.93. The van der Waals surface area contributed by atoms with E-state index in [9.17, 15) is 0 Å². The van der Waals surface area contributed by atoms with E-state index >= 15 is 0 Å². The molecule has 2 aromatic rings. The Morgan fingerprint density at radius 1 is 1.14 bits per heavy atom. The van der Waals surface area contributed by atoms with Crippen LogP contribution in [0.2, 0.25) is 0 Å². The van der Waals surface area contributed by atoms with Crippen molar-refractivity contribution in [2.24, 2.45) is 5.73 Å². The first-order valence-corrected chi connectivity index (χ1v) is 7.52. The Labute approximate surface area is 126 Å². The third-order valence-electron chi connectivity index (χ3n) is 4.25. The molecule has 0 spiro atoms. The summed E-state index contributed by atoms with van der Waals surface area (Å²) in [4.78, 5) is 2.45. The minimum absolute atomic E-state index is 0.220. The molecule has 21 heavy (non-hydrogen) atoms. The highest BCUT2D eigenvalue weighted by Crippen LogP contribution is 2.34. The lowest BCUT2D eigenvalue weighted by Crippen LogP contribution is -2.37. The van der Waals surface area contributed by atoms with Crippen molar-refractivity contribution in [2.75, 3.05) is 25.1 Å². The molecule has 1 aliphatic rings. The SMILES string of the molecule is COc1ccc(C(CN)N2CCCc3ccccc32)cc1. The summed E-state index contributed by atoms with van der Waals surface area (Å²) in [5.74, 6) is 0.883. The fourth-order valence-electron chi connectivity index (χ4n) is 3.16. The van der Waals surface area contributed by atoms with Crippen LogP contribution in [-0.2, 0) is 6.42 Å². The number of methoxy groups -OCH3 is 1. The van der Waals surface area contributed by atoms with Crippen LogP contribution in [0.4, 0.5) is 5.69 Å². The molecule has 3 heteroatoms. The molecule has 0 radical (unpaired) electrons. The number of hydrogen-bond donors (Lipinski definition) is 1. The molecule has 0 saturated heterocycles. The quantitative estimate of drug-likeness (QED) is 0.936. The molecule has 1 aliphatic heterocycles. The molecule has 2 aromatic carbocycles. The number of para-hydroxylation sites is 1. The van der Waals surface area contributed by atoms with Crippen LogP contribution < -0.4 is 15.4 Å². The second-order valence-corrected chi connectivity index (χ2v) is 5.45. The summed E-state index contributed by atoms with van der Waals surface area (Å²) in [5.41, 5.74) is 10.1. The predicted octanol–water partition coefficient (Wildman–Crippen LogP) is 3.15. The minimum atomic E-state index is 0.220. The molecule has 0 aromatic heterocycles. The van der Waals surface area contributed by atoms with E-state index in [1.165, 1.54) is 23.2 Å². The van der Waals surface area contributed by atoms with Crippen molar-refractivity contribution in [3.63, 3.8) is 0 Å². The van der Waals surface area contributed by atoms with Crippen LogP contribution in [0.15, 0.2) is 48.5 Å². The van der Waals surface area contributed by atoms with Gasteiger partial charge in [0.25, 0.3) is 0 Å². The van der Waals surface area contributed by atoms with Crippen LogP contribution in [-0.4, -0.2) is 20.2 Å². The van der Waals surface area contributed by atoms with E-state index in [0.29, 0.717) is 6.54 Å². The van der Waals surface area contributed by atoms with Crippen molar-refractivity contribution in [2.45, 2.75) is 18.9 Å². The molecule has 1 heterocycles. The van der Waals surface area contributed by atoms with E-state index in [4.69, 9.17) is 10.5 Å². The maximum atomic E-state index is 6.09. The monoisotopic (exact) mass is 282 g/mol. The van der Waals surface area contributed by atoms with Gasteiger partial charge in [0.05, 0.1) is 13.2 Å². The van der Waals surface area contributed by atoms with Crippen LogP contribution in [0, 0.1) is 0 Å². The second kappa shape index (κ2) is 6.19. The third kappa shape index (κ3) is 2.74. The third-order valence-corrected chi connectivity index (χ3v) is 4.25. The fourth-order valence-corrected chi connectivity index (χ4v) is 3.16. The molecule has 0 bridgehead atoms. The Morgan fingerprint density at radius 3 is 2.62 bits per heavy atom. The van der Waals surface area contributed by atoms with Crippen molar-refractivity contribution >= 4 is 5.69 Å². The van der Waals surface area contributed by atoms with Gasteiger partial charge >= 0.3 is 0 Å². The molecule has 3 nitrogen and oxygen atoms in total. The zero-order valence-corrected chi connectivity index (χ0v) is 12.5. The molecular formula is C18H22N2O. The van der Waals surface area contributed by atoms with Gasteiger partial charge in [0.15, 0.2) is 0 Å². The van der Waals surface area contributed by atoms with E-state index in [2.05, 4.69) is 41.3 Å². The highest BCUT2D eigenvalue weighted by Gasteiger charge is 2.24. The Kier molecular flexibility index (Phi) is 4.11. The summed E-state index contributed by atoms with van der Waals surface area (Å²) < 4.78 is 5.24. The molecule has 1 atom stereocenters. The highest BCUT2D eigenvalue weighted by molar-refractivity contribution is 5.57. The van der Waals surface area contributed by atoms with Gasteiger partial charge in [-0.25, -0.2) is 0 Å². The van der Waals surface area contributed by atoms with Crippen LogP contribution >= 0.6 is 0 Å². The van der Waals surface area contributed by atoms with Crippen LogP contribution in [0.25, 0.3) is 0 Å². The number of fused-ring (bicyclic) bond motifs is 1. The number of benzene rings is 2. The molecule has 1 unspecified atom stereocenters. The summed E-state index contributed by atoms with van der Waals surface area (Å²) >= 11 is 0. The Bertz CT molecular complexity index is 594. The number of anilines is 1. The Hall–Kier alpha value is -2.00. The zero-order chi connectivity index (χ0) is 14.7. The van der Waals surface area contributed by atoms with E-state index in [-0.39, 0.29) is 6.04 Å². The summed E-state index contributed by atoms with van der Waals surface area (Å²) in [6, 6.07) is 17.1. The molecular weight excluding hydrogens is 260 g/mol. The van der Waals surface area contributed by atoms with Gasteiger partial charge in [-0.3, -0.25) is 0 Å². The number of aryl methyl sites for hydroxylation is 1. The van der Waals surface area contributed by atoms with Crippen molar-refractivity contribution in [1.82, 2.24) is 0 Å². The summed E-state index contributed by atoms with van der Waals surface area (Å²) in [5, 5.41) is 0. The first kappa shape index (κ1) is 14.0. The van der Waals surface area contributed by atoms with E-state index in [1.807, 2.05) is 12.1 Å². The number of hydrogen-bond acceptors (Lipinski definition) is 3.